The molecule has 4 heteroatoms. The molecule has 0 amide bonds. The van der Waals surface area contributed by atoms with E-state index < -0.39 is 0 Å². The summed E-state index contributed by atoms with van der Waals surface area (Å²) in [6, 6.07) is 0.675. The van der Waals surface area contributed by atoms with Crippen LogP contribution >= 0.6 is 11.3 Å². The molecule has 0 saturated carbocycles. The molecule has 2 heterocycles. The average Bonchev–Trinajstić information content (AvgIpc) is 2.57. The number of hydrogen-bond donors (Lipinski definition) is 1. The van der Waals surface area contributed by atoms with E-state index >= 15 is 0 Å². The largest absolute Gasteiger partial charge is 0.345 e. The van der Waals surface area contributed by atoms with Gasteiger partial charge in [0.15, 0.2) is 5.13 Å². The second-order valence-electron chi connectivity index (χ2n) is 4.81. The SMILES string of the molecule is CCC1CCCCCN1c1nc(C)c(CN)s1. The first-order chi connectivity index (χ1) is 8.26. The third-order valence-corrected chi connectivity index (χ3v) is 4.88. The number of nitrogens with zero attached hydrogens (tertiary/aromatic N) is 2. The van der Waals surface area contributed by atoms with Crippen molar-refractivity contribution >= 4 is 16.5 Å². The minimum atomic E-state index is 0.619. The average molecular weight is 253 g/mol. The van der Waals surface area contributed by atoms with Gasteiger partial charge in [-0.15, -0.1) is 11.3 Å². The Labute approximate surface area is 108 Å². The second kappa shape index (κ2) is 5.83. The lowest BCUT2D eigenvalue weighted by atomic mass is 10.1. The van der Waals surface area contributed by atoms with Crippen molar-refractivity contribution in [2.24, 2.45) is 5.73 Å². The van der Waals surface area contributed by atoms with Crippen LogP contribution in [-0.4, -0.2) is 17.6 Å². The molecule has 17 heavy (non-hydrogen) atoms. The van der Waals surface area contributed by atoms with E-state index in [1.807, 2.05) is 0 Å². The van der Waals surface area contributed by atoms with Gasteiger partial charge in [0.2, 0.25) is 0 Å². The maximum absolute atomic E-state index is 5.74. The van der Waals surface area contributed by atoms with Gasteiger partial charge in [0.05, 0.1) is 5.69 Å². The van der Waals surface area contributed by atoms with Crippen LogP contribution < -0.4 is 10.6 Å². The first-order valence-corrected chi connectivity index (χ1v) is 7.51. The van der Waals surface area contributed by atoms with Crippen LogP contribution in [-0.2, 0) is 6.54 Å². The Morgan fingerprint density at radius 3 is 2.88 bits per heavy atom. The molecular weight excluding hydrogens is 230 g/mol. The van der Waals surface area contributed by atoms with Crippen LogP contribution in [0.4, 0.5) is 5.13 Å². The summed E-state index contributed by atoms with van der Waals surface area (Å²) in [4.78, 5) is 8.46. The number of rotatable bonds is 3. The van der Waals surface area contributed by atoms with Crippen LogP contribution in [0, 0.1) is 6.92 Å². The van der Waals surface area contributed by atoms with Gasteiger partial charge in [0.1, 0.15) is 0 Å². The normalized spacial score (nSPS) is 21.6. The van der Waals surface area contributed by atoms with E-state index in [0.717, 1.165) is 12.2 Å². The maximum atomic E-state index is 5.74. The topological polar surface area (TPSA) is 42.2 Å². The van der Waals surface area contributed by atoms with E-state index in [1.165, 1.54) is 42.1 Å². The summed E-state index contributed by atoms with van der Waals surface area (Å²) in [6.45, 7) is 6.14. The Morgan fingerprint density at radius 1 is 1.41 bits per heavy atom. The lowest BCUT2D eigenvalue weighted by Gasteiger charge is -2.28. The van der Waals surface area contributed by atoms with Gasteiger partial charge in [-0.1, -0.05) is 19.8 Å². The molecule has 1 aliphatic rings. The van der Waals surface area contributed by atoms with Gasteiger partial charge >= 0.3 is 0 Å². The fourth-order valence-electron chi connectivity index (χ4n) is 2.58. The molecule has 2 N–H and O–H groups in total. The summed E-state index contributed by atoms with van der Waals surface area (Å²) in [6.07, 6.45) is 6.56. The molecule has 3 nitrogen and oxygen atoms in total. The molecular formula is C13H23N3S. The minimum absolute atomic E-state index is 0.619. The first-order valence-electron chi connectivity index (χ1n) is 6.69. The van der Waals surface area contributed by atoms with Crippen molar-refractivity contribution in [3.8, 4) is 0 Å². The van der Waals surface area contributed by atoms with Crippen LogP contribution in [0.25, 0.3) is 0 Å². The van der Waals surface area contributed by atoms with E-state index in [2.05, 4.69) is 18.7 Å². The highest BCUT2D eigenvalue weighted by Crippen LogP contribution is 2.31. The smallest absolute Gasteiger partial charge is 0.186 e. The number of anilines is 1. The molecule has 1 fully saturated rings. The summed E-state index contributed by atoms with van der Waals surface area (Å²) in [5.74, 6) is 0. The number of aryl methyl sites for hydroxylation is 1. The lowest BCUT2D eigenvalue weighted by Crippen LogP contribution is -2.34. The third kappa shape index (κ3) is 2.80. The van der Waals surface area contributed by atoms with Gasteiger partial charge in [0.25, 0.3) is 0 Å². The van der Waals surface area contributed by atoms with E-state index in [4.69, 9.17) is 10.7 Å². The van der Waals surface area contributed by atoms with Crippen molar-refractivity contribution in [2.75, 3.05) is 11.4 Å². The highest BCUT2D eigenvalue weighted by Gasteiger charge is 2.22. The van der Waals surface area contributed by atoms with Crippen LogP contribution in [0.15, 0.2) is 0 Å². The molecule has 0 spiro atoms. The number of thiazole rings is 1. The quantitative estimate of drug-likeness (QED) is 0.900. The predicted molar refractivity (Wildman–Crippen MR) is 74.6 cm³/mol. The first kappa shape index (κ1) is 12.8. The predicted octanol–water partition coefficient (Wildman–Crippen LogP) is 3.07. The summed E-state index contributed by atoms with van der Waals surface area (Å²) >= 11 is 1.78. The molecule has 1 aromatic rings. The molecule has 0 aliphatic carbocycles. The van der Waals surface area contributed by atoms with Crippen molar-refractivity contribution in [1.29, 1.82) is 0 Å². The summed E-state index contributed by atoms with van der Waals surface area (Å²) in [5, 5.41) is 1.19. The van der Waals surface area contributed by atoms with Crippen molar-refractivity contribution in [1.82, 2.24) is 4.98 Å². The van der Waals surface area contributed by atoms with E-state index in [9.17, 15) is 0 Å². The van der Waals surface area contributed by atoms with Gasteiger partial charge in [-0.2, -0.15) is 0 Å². The molecule has 0 aromatic carbocycles. The van der Waals surface area contributed by atoms with Crippen LogP contribution in [0.1, 0.15) is 49.6 Å². The van der Waals surface area contributed by atoms with Gasteiger partial charge in [-0.05, 0) is 26.2 Å². The second-order valence-corrected chi connectivity index (χ2v) is 5.88. The molecule has 2 rings (SSSR count). The Bertz CT molecular complexity index is 362. The van der Waals surface area contributed by atoms with Crippen LogP contribution in [0.5, 0.6) is 0 Å². The van der Waals surface area contributed by atoms with E-state index in [1.54, 1.807) is 11.3 Å². The molecule has 1 aromatic heterocycles. The molecule has 0 bridgehead atoms. The van der Waals surface area contributed by atoms with Gasteiger partial charge in [-0.3, -0.25) is 0 Å². The van der Waals surface area contributed by atoms with Crippen molar-refractivity contribution < 1.29 is 0 Å². The van der Waals surface area contributed by atoms with Crippen molar-refractivity contribution in [2.45, 2.75) is 58.5 Å². The highest BCUT2D eigenvalue weighted by atomic mass is 32.1. The zero-order valence-electron chi connectivity index (χ0n) is 10.9. The van der Waals surface area contributed by atoms with Crippen molar-refractivity contribution in [3.05, 3.63) is 10.6 Å². The number of aromatic nitrogens is 1. The molecule has 1 atom stereocenters. The number of nitrogens with two attached hydrogens (primary N) is 1. The molecule has 1 unspecified atom stereocenters. The fraction of sp³-hybridized carbons (Fsp3) is 0.769. The zero-order valence-corrected chi connectivity index (χ0v) is 11.7. The monoisotopic (exact) mass is 253 g/mol. The van der Waals surface area contributed by atoms with E-state index in [-0.39, 0.29) is 0 Å². The Kier molecular flexibility index (Phi) is 4.40. The van der Waals surface area contributed by atoms with Crippen molar-refractivity contribution in [3.63, 3.8) is 0 Å². The standard InChI is InChI=1S/C13H23N3S/c1-3-11-7-5-4-6-8-16(11)13-15-10(2)12(9-14)17-13/h11H,3-9,14H2,1-2H3. The third-order valence-electron chi connectivity index (χ3n) is 3.66. The summed E-state index contributed by atoms with van der Waals surface area (Å²) < 4.78 is 0. The Morgan fingerprint density at radius 2 is 2.24 bits per heavy atom. The molecule has 1 saturated heterocycles. The zero-order chi connectivity index (χ0) is 12.3. The maximum Gasteiger partial charge on any atom is 0.186 e. The Hall–Kier alpha value is -0.610. The van der Waals surface area contributed by atoms with Crippen LogP contribution in [0.2, 0.25) is 0 Å². The molecule has 0 radical (unpaired) electrons. The Balaban J connectivity index is 2.22. The molecule has 1 aliphatic heterocycles. The number of hydrogen-bond acceptors (Lipinski definition) is 4. The van der Waals surface area contributed by atoms with Gasteiger partial charge < -0.3 is 10.6 Å². The fourth-order valence-corrected chi connectivity index (χ4v) is 3.62. The van der Waals surface area contributed by atoms with Gasteiger partial charge in [0, 0.05) is 24.0 Å². The highest BCUT2D eigenvalue weighted by molar-refractivity contribution is 7.15. The van der Waals surface area contributed by atoms with E-state index in [0.29, 0.717) is 12.6 Å². The van der Waals surface area contributed by atoms with Crippen LogP contribution in [0.3, 0.4) is 0 Å². The summed E-state index contributed by atoms with van der Waals surface area (Å²) in [7, 11) is 0. The minimum Gasteiger partial charge on any atom is -0.345 e. The molecule has 96 valence electrons. The summed E-state index contributed by atoms with van der Waals surface area (Å²) in [5.41, 5.74) is 6.86. The lowest BCUT2D eigenvalue weighted by molar-refractivity contribution is 0.555. The van der Waals surface area contributed by atoms with Gasteiger partial charge in [-0.25, -0.2) is 4.98 Å².